The van der Waals surface area contributed by atoms with E-state index in [0.29, 0.717) is 41.0 Å². The summed E-state index contributed by atoms with van der Waals surface area (Å²) < 4.78 is 0. The lowest BCUT2D eigenvalue weighted by Crippen LogP contribution is -2.44. The van der Waals surface area contributed by atoms with Gasteiger partial charge in [-0.05, 0) is 114 Å². The SMILES string of the molecule is CCCCC(=O)[C@H]1CC[C@H](C(C(=O)C(C2CCCCC2)[C@H]2CC[C@H](C(=O)CCCC)CC2)C2CCCCC2)CC1. The average molecular weight is 555 g/mol. The van der Waals surface area contributed by atoms with Gasteiger partial charge in [-0.3, -0.25) is 14.4 Å². The topological polar surface area (TPSA) is 51.2 Å². The molecule has 2 atom stereocenters. The summed E-state index contributed by atoms with van der Waals surface area (Å²) >= 11 is 0. The standard InChI is InChI=1S/C37H62O3/c1-3-5-17-33(38)27-19-23-31(24-20-27)35(29-13-9-7-10-14-29)37(40)36(30-15-11-8-12-16-30)32-25-21-28(22-26-32)34(39)18-6-4-2/h27-32,35-36H,3-26H2,1-2H3/t27-,28-,31-,32-,35?,36?. The van der Waals surface area contributed by atoms with Gasteiger partial charge in [0.1, 0.15) is 17.3 Å². The monoisotopic (exact) mass is 554 g/mol. The zero-order valence-electron chi connectivity index (χ0n) is 26.3. The van der Waals surface area contributed by atoms with Gasteiger partial charge in [-0.1, -0.05) is 65.2 Å². The van der Waals surface area contributed by atoms with Gasteiger partial charge >= 0.3 is 0 Å². The summed E-state index contributed by atoms with van der Waals surface area (Å²) in [4.78, 5) is 40.7. The van der Waals surface area contributed by atoms with E-state index in [1.165, 1.54) is 64.2 Å². The highest BCUT2D eigenvalue weighted by Crippen LogP contribution is 2.48. The molecule has 4 fully saturated rings. The number of carbonyl (C=O) groups excluding carboxylic acids is 3. The minimum Gasteiger partial charge on any atom is -0.299 e. The number of Topliss-reactive ketones (excluding diaryl/α,β-unsaturated/α-hetero) is 3. The second-order valence-electron chi connectivity index (χ2n) is 14.6. The van der Waals surface area contributed by atoms with Gasteiger partial charge in [-0.15, -0.1) is 0 Å². The van der Waals surface area contributed by atoms with Crippen LogP contribution >= 0.6 is 0 Å². The molecule has 0 aromatic carbocycles. The van der Waals surface area contributed by atoms with E-state index >= 15 is 4.79 Å². The maximum absolute atomic E-state index is 15.0. The number of hydrogen-bond donors (Lipinski definition) is 0. The molecule has 0 heterocycles. The molecule has 4 rings (SSSR count). The van der Waals surface area contributed by atoms with E-state index in [0.717, 1.165) is 89.9 Å². The summed E-state index contributed by atoms with van der Waals surface area (Å²) in [5.74, 6) is 4.70. The summed E-state index contributed by atoms with van der Waals surface area (Å²) in [6, 6.07) is 0. The van der Waals surface area contributed by atoms with Crippen LogP contribution in [0.1, 0.15) is 168 Å². The lowest BCUT2D eigenvalue weighted by molar-refractivity contribution is -0.137. The minimum absolute atomic E-state index is 0.225. The number of rotatable bonds is 14. The largest absolute Gasteiger partial charge is 0.299 e. The van der Waals surface area contributed by atoms with E-state index in [9.17, 15) is 9.59 Å². The highest BCUT2D eigenvalue weighted by atomic mass is 16.1. The highest BCUT2D eigenvalue weighted by molar-refractivity contribution is 5.85. The number of unbranched alkanes of at least 4 members (excludes halogenated alkanes) is 2. The summed E-state index contributed by atoms with van der Waals surface area (Å²) in [6.07, 6.45) is 26.9. The van der Waals surface area contributed by atoms with Gasteiger partial charge < -0.3 is 0 Å². The fourth-order valence-corrected chi connectivity index (χ4v) is 9.62. The second-order valence-corrected chi connectivity index (χ2v) is 14.6. The molecule has 0 aromatic heterocycles. The quantitative estimate of drug-likeness (QED) is 0.215. The molecule has 4 aliphatic carbocycles. The maximum atomic E-state index is 15.0. The second kappa shape index (κ2) is 16.6. The van der Waals surface area contributed by atoms with Gasteiger partial charge in [0.15, 0.2) is 0 Å². The molecule has 4 aliphatic rings. The van der Waals surface area contributed by atoms with Gasteiger partial charge in [-0.25, -0.2) is 0 Å². The Morgan fingerprint density at radius 3 is 1.12 bits per heavy atom. The first kappa shape index (κ1) is 31.9. The van der Waals surface area contributed by atoms with Crippen molar-refractivity contribution in [2.24, 2.45) is 47.3 Å². The van der Waals surface area contributed by atoms with E-state index < -0.39 is 0 Å². The zero-order valence-corrected chi connectivity index (χ0v) is 26.3. The molecule has 228 valence electrons. The maximum Gasteiger partial charge on any atom is 0.140 e. The summed E-state index contributed by atoms with van der Waals surface area (Å²) in [5, 5.41) is 0. The van der Waals surface area contributed by atoms with Crippen molar-refractivity contribution >= 4 is 17.3 Å². The molecule has 0 aliphatic heterocycles. The molecule has 0 bridgehead atoms. The van der Waals surface area contributed by atoms with Crippen LogP contribution < -0.4 is 0 Å². The van der Waals surface area contributed by atoms with Crippen LogP contribution in [-0.2, 0) is 14.4 Å². The van der Waals surface area contributed by atoms with Gasteiger partial charge in [0.2, 0.25) is 0 Å². The van der Waals surface area contributed by atoms with Crippen LogP contribution in [0.5, 0.6) is 0 Å². The Labute approximate surface area is 246 Å². The number of ketones is 3. The van der Waals surface area contributed by atoms with Crippen molar-refractivity contribution in [3.8, 4) is 0 Å². The Morgan fingerprint density at radius 2 is 0.800 bits per heavy atom. The highest BCUT2D eigenvalue weighted by Gasteiger charge is 2.46. The van der Waals surface area contributed by atoms with Crippen molar-refractivity contribution in [1.29, 1.82) is 0 Å². The van der Waals surface area contributed by atoms with Crippen molar-refractivity contribution in [3.05, 3.63) is 0 Å². The first-order valence-electron chi connectivity index (χ1n) is 18.1. The van der Waals surface area contributed by atoms with E-state index in [1.807, 2.05) is 0 Å². The normalized spacial score (nSPS) is 30.4. The van der Waals surface area contributed by atoms with Crippen LogP contribution in [0.4, 0.5) is 0 Å². The van der Waals surface area contributed by atoms with Crippen LogP contribution in [0.3, 0.4) is 0 Å². The average Bonchev–Trinajstić information content (AvgIpc) is 3.00. The molecule has 0 aromatic rings. The van der Waals surface area contributed by atoms with Gasteiger partial charge in [0.05, 0.1) is 0 Å². The van der Waals surface area contributed by atoms with Crippen LogP contribution in [0, 0.1) is 47.3 Å². The van der Waals surface area contributed by atoms with Crippen LogP contribution in [-0.4, -0.2) is 17.3 Å². The predicted molar refractivity (Wildman–Crippen MR) is 165 cm³/mol. The minimum atomic E-state index is 0.225. The third-order valence-corrected chi connectivity index (χ3v) is 12.0. The van der Waals surface area contributed by atoms with Gasteiger partial charge in [0, 0.05) is 36.5 Å². The Morgan fingerprint density at radius 1 is 0.475 bits per heavy atom. The molecular formula is C37H62O3. The molecule has 0 radical (unpaired) electrons. The summed E-state index contributed by atoms with van der Waals surface area (Å²) in [7, 11) is 0. The number of carbonyl (C=O) groups is 3. The molecule has 0 saturated heterocycles. The van der Waals surface area contributed by atoms with Crippen LogP contribution in [0.15, 0.2) is 0 Å². The van der Waals surface area contributed by atoms with E-state index in [2.05, 4.69) is 13.8 Å². The van der Waals surface area contributed by atoms with Crippen molar-refractivity contribution in [2.75, 3.05) is 0 Å². The molecule has 4 saturated carbocycles. The zero-order chi connectivity index (χ0) is 28.3. The molecule has 3 nitrogen and oxygen atoms in total. The number of hydrogen-bond acceptors (Lipinski definition) is 3. The first-order chi connectivity index (χ1) is 19.5. The van der Waals surface area contributed by atoms with Crippen molar-refractivity contribution in [2.45, 2.75) is 168 Å². The Hall–Kier alpha value is -0.990. The first-order valence-corrected chi connectivity index (χ1v) is 18.1. The van der Waals surface area contributed by atoms with Crippen molar-refractivity contribution in [1.82, 2.24) is 0 Å². The third-order valence-electron chi connectivity index (χ3n) is 12.0. The molecule has 3 heteroatoms. The Bertz CT molecular complexity index is 709. The molecular weight excluding hydrogens is 492 g/mol. The molecule has 2 unspecified atom stereocenters. The Balaban J connectivity index is 1.49. The van der Waals surface area contributed by atoms with Gasteiger partial charge in [0.25, 0.3) is 0 Å². The van der Waals surface area contributed by atoms with Crippen LogP contribution in [0.25, 0.3) is 0 Å². The van der Waals surface area contributed by atoms with E-state index in [4.69, 9.17) is 0 Å². The summed E-state index contributed by atoms with van der Waals surface area (Å²) in [5.41, 5.74) is 0. The fraction of sp³-hybridized carbons (Fsp3) is 0.919. The Kier molecular flexibility index (Phi) is 13.2. The molecule has 0 N–H and O–H groups in total. The van der Waals surface area contributed by atoms with Crippen molar-refractivity contribution < 1.29 is 14.4 Å². The lowest BCUT2D eigenvalue weighted by atomic mass is 9.59. The fourth-order valence-electron chi connectivity index (χ4n) is 9.62. The van der Waals surface area contributed by atoms with E-state index in [-0.39, 0.29) is 23.7 Å². The summed E-state index contributed by atoms with van der Waals surface area (Å²) in [6.45, 7) is 4.34. The van der Waals surface area contributed by atoms with Gasteiger partial charge in [-0.2, -0.15) is 0 Å². The van der Waals surface area contributed by atoms with Crippen molar-refractivity contribution in [3.63, 3.8) is 0 Å². The molecule has 0 spiro atoms. The van der Waals surface area contributed by atoms with Crippen LogP contribution in [0.2, 0.25) is 0 Å². The smallest absolute Gasteiger partial charge is 0.140 e. The molecule has 40 heavy (non-hydrogen) atoms. The van der Waals surface area contributed by atoms with E-state index in [1.54, 1.807) is 0 Å². The molecule has 0 amide bonds. The third kappa shape index (κ3) is 8.53. The predicted octanol–water partition coefficient (Wildman–Crippen LogP) is 10.1. The lowest BCUT2D eigenvalue weighted by Gasteiger charge is -2.44.